The average Bonchev–Trinajstić information content (AvgIpc) is 2.61. The molecule has 0 saturated heterocycles. The minimum atomic E-state index is -0.517. The molecule has 1 aliphatic rings. The van der Waals surface area contributed by atoms with E-state index >= 15 is 0 Å². The second kappa shape index (κ2) is 12.1. The molecular weight excluding hydrogens is 386 g/mol. The fourth-order valence-electron chi connectivity index (χ4n) is 2.08. The Morgan fingerprint density at radius 2 is 1.88 bits per heavy atom. The highest BCUT2D eigenvalue weighted by Crippen LogP contribution is 2.30. The normalized spacial score (nSPS) is 14.1. The van der Waals surface area contributed by atoms with E-state index in [2.05, 4.69) is 5.32 Å². The molecule has 0 amide bonds. The summed E-state index contributed by atoms with van der Waals surface area (Å²) in [7, 11) is 0. The third-order valence-corrected chi connectivity index (χ3v) is 3.95. The zero-order chi connectivity index (χ0) is 19.6. The maximum Gasteiger partial charge on any atom is 0.142 e. The first-order chi connectivity index (χ1) is 11.9. The lowest BCUT2D eigenvalue weighted by Crippen LogP contribution is -2.41. The molecule has 1 heterocycles. The highest BCUT2D eigenvalue weighted by Gasteiger charge is 2.20. The molecule has 2 rings (SSSR count). The molecule has 4 nitrogen and oxygen atoms in total. The number of rotatable bonds is 3. The van der Waals surface area contributed by atoms with Gasteiger partial charge in [-0.2, -0.15) is 0 Å². The van der Waals surface area contributed by atoms with Crippen LogP contribution in [0.5, 0.6) is 0 Å². The molecule has 5 N–H and O–H groups in total. The van der Waals surface area contributed by atoms with Gasteiger partial charge in [-0.1, -0.05) is 62.5 Å². The van der Waals surface area contributed by atoms with Gasteiger partial charge in [0.05, 0.1) is 10.7 Å². The lowest BCUT2D eigenvalue weighted by molar-refractivity contribution is 0.320. The number of hydrogen-bond donors (Lipinski definition) is 3. The number of hydrogen-bond acceptors (Lipinski definition) is 4. The van der Waals surface area contributed by atoms with E-state index in [-0.39, 0.29) is 10.2 Å². The zero-order valence-electron chi connectivity index (χ0n) is 15.0. The van der Waals surface area contributed by atoms with Crippen molar-refractivity contribution in [3.05, 3.63) is 56.3 Å². The number of allylic oxidation sites excluding steroid dienone is 1. The predicted molar refractivity (Wildman–Crippen MR) is 107 cm³/mol. The van der Waals surface area contributed by atoms with Crippen LogP contribution in [0.3, 0.4) is 0 Å². The summed E-state index contributed by atoms with van der Waals surface area (Å²) < 4.78 is 13.6. The van der Waals surface area contributed by atoms with E-state index in [0.29, 0.717) is 41.7 Å². The summed E-state index contributed by atoms with van der Waals surface area (Å²) in [5.74, 6) is -0.0781. The molecule has 0 fully saturated rings. The van der Waals surface area contributed by atoms with Gasteiger partial charge in [-0.05, 0) is 18.2 Å². The SMILES string of the molecule is CC.CC.NC1=C(/C=C(\N)Cl)N(Cc2c(Cl)ccc(F)c2Cl)CCN1. The zero-order valence-corrected chi connectivity index (χ0v) is 17.2. The Bertz CT molecular complexity index is 614. The molecule has 0 saturated carbocycles. The van der Waals surface area contributed by atoms with Crippen LogP contribution in [0.15, 0.2) is 34.9 Å². The van der Waals surface area contributed by atoms with Crippen molar-refractivity contribution in [2.45, 2.75) is 34.2 Å². The minimum absolute atomic E-state index is 0.00165. The van der Waals surface area contributed by atoms with Crippen LogP contribution in [0.4, 0.5) is 4.39 Å². The van der Waals surface area contributed by atoms with Crippen molar-refractivity contribution in [1.29, 1.82) is 0 Å². The fraction of sp³-hybridized carbons (Fsp3) is 0.412. The number of benzene rings is 1. The quantitative estimate of drug-likeness (QED) is 0.495. The van der Waals surface area contributed by atoms with Crippen LogP contribution in [0, 0.1) is 5.82 Å². The van der Waals surface area contributed by atoms with Crippen molar-refractivity contribution in [3.63, 3.8) is 0 Å². The van der Waals surface area contributed by atoms with Crippen molar-refractivity contribution >= 4 is 34.8 Å². The van der Waals surface area contributed by atoms with Crippen LogP contribution in [0.25, 0.3) is 0 Å². The fourth-order valence-corrected chi connectivity index (χ4v) is 2.67. The van der Waals surface area contributed by atoms with Gasteiger partial charge in [-0.25, -0.2) is 4.39 Å². The number of nitrogens with zero attached hydrogens (tertiary/aromatic N) is 1. The number of nitrogens with one attached hydrogen (secondary N) is 1. The summed E-state index contributed by atoms with van der Waals surface area (Å²) in [6.07, 6.45) is 1.53. The highest BCUT2D eigenvalue weighted by atomic mass is 35.5. The lowest BCUT2D eigenvalue weighted by atomic mass is 10.1. The molecule has 142 valence electrons. The van der Waals surface area contributed by atoms with Gasteiger partial charge in [0.1, 0.15) is 16.8 Å². The first kappa shape index (κ1) is 23.7. The second-order valence-corrected chi connectivity index (χ2v) is 5.72. The topological polar surface area (TPSA) is 67.3 Å². The van der Waals surface area contributed by atoms with Gasteiger partial charge in [-0.3, -0.25) is 0 Å². The highest BCUT2D eigenvalue weighted by molar-refractivity contribution is 6.36. The van der Waals surface area contributed by atoms with Crippen molar-refractivity contribution in [1.82, 2.24) is 10.2 Å². The van der Waals surface area contributed by atoms with Crippen LogP contribution in [0.2, 0.25) is 10.0 Å². The Morgan fingerprint density at radius 3 is 2.44 bits per heavy atom. The van der Waals surface area contributed by atoms with Crippen molar-refractivity contribution < 1.29 is 4.39 Å². The first-order valence-electron chi connectivity index (χ1n) is 8.13. The van der Waals surface area contributed by atoms with Crippen molar-refractivity contribution in [2.75, 3.05) is 13.1 Å². The van der Waals surface area contributed by atoms with Gasteiger partial charge in [0.15, 0.2) is 0 Å². The smallest absolute Gasteiger partial charge is 0.142 e. The number of halogens is 4. The lowest BCUT2D eigenvalue weighted by Gasteiger charge is -2.32. The summed E-state index contributed by atoms with van der Waals surface area (Å²) in [5.41, 5.74) is 12.5. The van der Waals surface area contributed by atoms with Gasteiger partial charge in [0.2, 0.25) is 0 Å². The standard InChI is InChI=1S/C13H14Cl3FN4.2C2H6/c14-8-1-2-9(17)12(16)7(8)6-21-4-3-20-13(19)10(21)5-11(15)18;2*1-2/h1-2,5,20H,3-4,6,18-19H2;2*1-2H3/b11-5-;;. The Balaban J connectivity index is 0.00000134. The van der Waals surface area contributed by atoms with Gasteiger partial charge >= 0.3 is 0 Å². The molecule has 1 aromatic carbocycles. The summed E-state index contributed by atoms with van der Waals surface area (Å²) >= 11 is 17.8. The Morgan fingerprint density at radius 1 is 1.28 bits per heavy atom. The van der Waals surface area contributed by atoms with Crippen molar-refractivity contribution in [2.24, 2.45) is 11.5 Å². The van der Waals surface area contributed by atoms with E-state index in [9.17, 15) is 4.39 Å². The van der Waals surface area contributed by atoms with E-state index < -0.39 is 5.82 Å². The Kier molecular flexibility index (Phi) is 11.5. The molecule has 0 unspecified atom stereocenters. The maximum absolute atomic E-state index is 13.6. The molecule has 0 bridgehead atoms. The largest absolute Gasteiger partial charge is 0.389 e. The van der Waals surface area contributed by atoms with E-state index in [1.54, 1.807) is 0 Å². The molecule has 0 aliphatic carbocycles. The third kappa shape index (κ3) is 6.84. The summed E-state index contributed by atoms with van der Waals surface area (Å²) in [4.78, 5) is 1.88. The Labute approximate surface area is 164 Å². The monoisotopic (exact) mass is 410 g/mol. The van der Waals surface area contributed by atoms with Gasteiger partial charge in [0, 0.05) is 30.2 Å². The van der Waals surface area contributed by atoms with Crippen LogP contribution in [-0.4, -0.2) is 18.0 Å². The van der Waals surface area contributed by atoms with E-state index in [0.717, 1.165) is 0 Å². The van der Waals surface area contributed by atoms with Gasteiger partial charge in [-0.15, -0.1) is 0 Å². The molecule has 0 spiro atoms. The molecule has 8 heteroatoms. The molecule has 1 aromatic rings. The maximum atomic E-state index is 13.6. The molecule has 25 heavy (non-hydrogen) atoms. The molecule has 0 atom stereocenters. The third-order valence-electron chi connectivity index (χ3n) is 3.08. The molecular formula is C17H26Cl3FN4. The van der Waals surface area contributed by atoms with E-state index in [1.807, 2.05) is 32.6 Å². The predicted octanol–water partition coefficient (Wildman–Crippen LogP) is 4.76. The molecule has 0 aromatic heterocycles. The van der Waals surface area contributed by atoms with Crippen LogP contribution >= 0.6 is 34.8 Å². The summed E-state index contributed by atoms with van der Waals surface area (Å²) in [6.45, 7) is 9.56. The van der Waals surface area contributed by atoms with Gasteiger partial charge in [0.25, 0.3) is 0 Å². The molecule has 1 aliphatic heterocycles. The second-order valence-electron chi connectivity index (χ2n) is 4.50. The van der Waals surface area contributed by atoms with Crippen LogP contribution in [-0.2, 0) is 6.54 Å². The Hall–Kier alpha value is -1.30. The average molecular weight is 412 g/mol. The first-order valence-corrected chi connectivity index (χ1v) is 9.27. The summed E-state index contributed by atoms with van der Waals surface area (Å²) in [5, 5.41) is 3.50. The minimum Gasteiger partial charge on any atom is -0.389 e. The van der Waals surface area contributed by atoms with Gasteiger partial charge < -0.3 is 21.7 Å². The molecule has 0 radical (unpaired) electrons. The van der Waals surface area contributed by atoms with Crippen LogP contribution < -0.4 is 16.8 Å². The van der Waals surface area contributed by atoms with E-state index in [4.69, 9.17) is 46.3 Å². The van der Waals surface area contributed by atoms with Crippen molar-refractivity contribution in [3.8, 4) is 0 Å². The number of nitrogens with two attached hydrogens (primary N) is 2. The van der Waals surface area contributed by atoms with E-state index in [1.165, 1.54) is 18.2 Å². The summed E-state index contributed by atoms with van der Waals surface area (Å²) in [6, 6.07) is 2.70. The van der Waals surface area contributed by atoms with Crippen LogP contribution in [0.1, 0.15) is 33.3 Å².